The van der Waals surface area contributed by atoms with E-state index in [-0.39, 0.29) is 0 Å². The predicted octanol–water partition coefficient (Wildman–Crippen LogP) is 2.69. The van der Waals surface area contributed by atoms with Crippen LogP contribution in [0.1, 0.15) is 12.8 Å². The van der Waals surface area contributed by atoms with E-state index in [0.717, 1.165) is 38.4 Å². The summed E-state index contributed by atoms with van der Waals surface area (Å²) in [4.78, 5) is 8.47. The summed E-state index contributed by atoms with van der Waals surface area (Å²) in [5, 5.41) is 4.51. The number of thioether (sulfide) groups is 1. The summed E-state index contributed by atoms with van der Waals surface area (Å²) >= 11 is 7.42. The first-order valence-corrected chi connectivity index (χ1v) is 7.28. The summed E-state index contributed by atoms with van der Waals surface area (Å²) in [6.45, 7) is 2.66. The van der Waals surface area contributed by atoms with Crippen molar-refractivity contribution >= 4 is 29.2 Å². The molecular formula is C11H16ClN3OS. The zero-order chi connectivity index (χ0) is 12.1. The van der Waals surface area contributed by atoms with Gasteiger partial charge in [-0.05, 0) is 25.0 Å². The van der Waals surface area contributed by atoms with Crippen molar-refractivity contribution in [3.8, 4) is 0 Å². The van der Waals surface area contributed by atoms with E-state index in [4.69, 9.17) is 16.3 Å². The van der Waals surface area contributed by atoms with Crippen LogP contribution in [0.25, 0.3) is 0 Å². The second-order valence-corrected chi connectivity index (χ2v) is 5.16. The molecule has 1 fully saturated rings. The maximum atomic E-state index is 5.93. The van der Waals surface area contributed by atoms with Crippen LogP contribution in [-0.2, 0) is 4.74 Å². The molecule has 2 rings (SSSR count). The molecule has 1 N–H and O–H groups in total. The lowest BCUT2D eigenvalue weighted by molar-refractivity contribution is 0.0699. The van der Waals surface area contributed by atoms with E-state index in [1.54, 1.807) is 6.07 Å². The summed E-state index contributed by atoms with van der Waals surface area (Å²) < 4.78 is 5.33. The average Bonchev–Trinajstić information content (AvgIpc) is 2.37. The van der Waals surface area contributed by atoms with Crippen LogP contribution in [-0.4, -0.2) is 36.0 Å². The molecule has 0 spiro atoms. The molecule has 0 atom stereocenters. The van der Waals surface area contributed by atoms with Gasteiger partial charge in [-0.2, -0.15) is 0 Å². The first-order chi connectivity index (χ1) is 8.28. The lowest BCUT2D eigenvalue weighted by atomic mass is 10.0. The Kier molecular flexibility index (Phi) is 4.88. The highest BCUT2D eigenvalue weighted by Gasteiger charge is 2.13. The Hall–Kier alpha value is -0.520. The number of ether oxygens (including phenoxy) is 1. The highest BCUT2D eigenvalue weighted by Crippen LogP contribution is 2.19. The largest absolute Gasteiger partial charge is 0.381 e. The number of nitrogens with zero attached hydrogens (tertiary/aromatic N) is 2. The molecule has 0 radical (unpaired) electrons. The molecule has 0 unspecified atom stereocenters. The van der Waals surface area contributed by atoms with Gasteiger partial charge < -0.3 is 10.1 Å². The van der Waals surface area contributed by atoms with Gasteiger partial charge in [-0.3, -0.25) is 0 Å². The molecule has 0 aromatic carbocycles. The van der Waals surface area contributed by atoms with Gasteiger partial charge in [-0.15, -0.1) is 0 Å². The highest BCUT2D eigenvalue weighted by molar-refractivity contribution is 7.98. The third kappa shape index (κ3) is 4.01. The van der Waals surface area contributed by atoms with Crippen molar-refractivity contribution in [2.24, 2.45) is 5.92 Å². The number of anilines is 1. The van der Waals surface area contributed by atoms with Crippen molar-refractivity contribution in [2.45, 2.75) is 18.0 Å². The van der Waals surface area contributed by atoms with Crippen molar-refractivity contribution in [3.63, 3.8) is 0 Å². The maximum absolute atomic E-state index is 5.93. The molecule has 2 heterocycles. The Balaban J connectivity index is 1.91. The van der Waals surface area contributed by atoms with Gasteiger partial charge >= 0.3 is 0 Å². The van der Waals surface area contributed by atoms with Crippen molar-refractivity contribution in [1.82, 2.24) is 9.97 Å². The number of nitrogens with one attached hydrogen (secondary N) is 1. The number of rotatable bonds is 4. The van der Waals surface area contributed by atoms with Gasteiger partial charge in [0.25, 0.3) is 0 Å². The van der Waals surface area contributed by atoms with Crippen molar-refractivity contribution in [2.75, 3.05) is 31.3 Å². The van der Waals surface area contributed by atoms with E-state index in [2.05, 4.69) is 15.3 Å². The molecule has 1 aliphatic rings. The molecular weight excluding hydrogens is 258 g/mol. The molecule has 94 valence electrons. The van der Waals surface area contributed by atoms with Crippen molar-refractivity contribution in [1.29, 1.82) is 0 Å². The minimum absolute atomic E-state index is 0.485. The summed E-state index contributed by atoms with van der Waals surface area (Å²) in [6.07, 6.45) is 4.16. The Morgan fingerprint density at radius 2 is 2.24 bits per heavy atom. The minimum Gasteiger partial charge on any atom is -0.381 e. The summed E-state index contributed by atoms with van der Waals surface area (Å²) in [5.41, 5.74) is 0. The van der Waals surface area contributed by atoms with Gasteiger partial charge in [0.1, 0.15) is 11.0 Å². The van der Waals surface area contributed by atoms with Gasteiger partial charge in [0, 0.05) is 25.8 Å². The summed E-state index contributed by atoms with van der Waals surface area (Å²) in [7, 11) is 0. The van der Waals surface area contributed by atoms with Crippen LogP contribution >= 0.6 is 23.4 Å². The standard InChI is InChI=1S/C11H16ClN3OS/c1-17-11-14-9(12)6-10(15-11)13-7-8-2-4-16-5-3-8/h6,8H,2-5,7H2,1H3,(H,13,14,15). The smallest absolute Gasteiger partial charge is 0.190 e. The van der Waals surface area contributed by atoms with E-state index in [0.29, 0.717) is 16.2 Å². The van der Waals surface area contributed by atoms with Gasteiger partial charge in [-0.25, -0.2) is 9.97 Å². The second kappa shape index (κ2) is 6.42. The Bertz CT molecular complexity index is 372. The molecule has 0 amide bonds. The molecule has 4 nitrogen and oxygen atoms in total. The lowest BCUT2D eigenvalue weighted by Gasteiger charge is -2.22. The summed E-state index contributed by atoms with van der Waals surface area (Å²) in [6, 6.07) is 1.76. The topological polar surface area (TPSA) is 47.0 Å². The van der Waals surface area contributed by atoms with E-state index in [1.807, 2.05) is 6.26 Å². The fourth-order valence-corrected chi connectivity index (χ4v) is 2.39. The zero-order valence-electron chi connectivity index (χ0n) is 9.78. The van der Waals surface area contributed by atoms with Crippen LogP contribution < -0.4 is 5.32 Å². The molecule has 1 aromatic heterocycles. The molecule has 6 heteroatoms. The Morgan fingerprint density at radius 1 is 1.47 bits per heavy atom. The normalized spacial score (nSPS) is 17.1. The predicted molar refractivity (Wildman–Crippen MR) is 70.9 cm³/mol. The van der Waals surface area contributed by atoms with Crippen LogP contribution in [0, 0.1) is 5.92 Å². The van der Waals surface area contributed by atoms with Crippen LogP contribution in [0.4, 0.5) is 5.82 Å². The summed E-state index contributed by atoms with van der Waals surface area (Å²) in [5.74, 6) is 1.47. The van der Waals surface area contributed by atoms with E-state index >= 15 is 0 Å². The monoisotopic (exact) mass is 273 g/mol. The van der Waals surface area contributed by atoms with E-state index in [9.17, 15) is 0 Å². The van der Waals surface area contributed by atoms with Crippen molar-refractivity contribution < 1.29 is 4.74 Å². The Labute approximate surface area is 111 Å². The third-order valence-electron chi connectivity index (χ3n) is 2.77. The lowest BCUT2D eigenvalue weighted by Crippen LogP contribution is -2.23. The minimum atomic E-state index is 0.485. The fourth-order valence-electron chi connectivity index (χ4n) is 1.78. The zero-order valence-corrected chi connectivity index (χ0v) is 11.4. The first-order valence-electron chi connectivity index (χ1n) is 5.68. The molecule has 0 bridgehead atoms. The average molecular weight is 274 g/mol. The van der Waals surface area contributed by atoms with Gasteiger partial charge in [0.15, 0.2) is 5.16 Å². The van der Waals surface area contributed by atoms with Crippen LogP contribution in [0.3, 0.4) is 0 Å². The second-order valence-electron chi connectivity index (χ2n) is 4.00. The number of aromatic nitrogens is 2. The number of hydrogen-bond acceptors (Lipinski definition) is 5. The third-order valence-corrected chi connectivity index (χ3v) is 3.51. The van der Waals surface area contributed by atoms with E-state index < -0.39 is 0 Å². The maximum Gasteiger partial charge on any atom is 0.190 e. The van der Waals surface area contributed by atoms with Gasteiger partial charge in [0.05, 0.1) is 0 Å². The molecule has 0 aliphatic carbocycles. The number of halogens is 1. The van der Waals surface area contributed by atoms with Crippen LogP contribution in [0.2, 0.25) is 5.15 Å². The van der Waals surface area contributed by atoms with Crippen LogP contribution in [0.15, 0.2) is 11.2 Å². The highest BCUT2D eigenvalue weighted by atomic mass is 35.5. The van der Waals surface area contributed by atoms with Gasteiger partial charge in [0.2, 0.25) is 0 Å². The van der Waals surface area contributed by atoms with Gasteiger partial charge in [-0.1, -0.05) is 23.4 Å². The molecule has 1 aliphatic heterocycles. The molecule has 17 heavy (non-hydrogen) atoms. The first kappa shape index (κ1) is 12.9. The van der Waals surface area contributed by atoms with Crippen molar-refractivity contribution in [3.05, 3.63) is 11.2 Å². The molecule has 1 aromatic rings. The van der Waals surface area contributed by atoms with Crippen LogP contribution in [0.5, 0.6) is 0 Å². The SMILES string of the molecule is CSc1nc(Cl)cc(NCC2CCOCC2)n1. The quantitative estimate of drug-likeness (QED) is 0.519. The molecule has 1 saturated heterocycles. The molecule has 0 saturated carbocycles. The number of hydrogen-bond donors (Lipinski definition) is 1. The Morgan fingerprint density at radius 3 is 2.94 bits per heavy atom. The van der Waals surface area contributed by atoms with E-state index in [1.165, 1.54) is 11.8 Å². The fraction of sp³-hybridized carbons (Fsp3) is 0.636.